The van der Waals surface area contributed by atoms with E-state index in [2.05, 4.69) is 0 Å². The fourth-order valence-electron chi connectivity index (χ4n) is 0.0467. The van der Waals surface area contributed by atoms with Gasteiger partial charge in [-0.3, -0.25) is 4.79 Å². The van der Waals surface area contributed by atoms with Crippen molar-refractivity contribution in [3.63, 3.8) is 0 Å². The molecule has 0 aliphatic rings. The fourth-order valence-corrected chi connectivity index (χ4v) is 0.0467. The fraction of sp³-hybridized carbons (Fsp3) is 0.667. The zero-order chi connectivity index (χ0) is 5.86. The van der Waals surface area contributed by atoms with Crippen LogP contribution in [0.2, 0.25) is 0 Å². The van der Waals surface area contributed by atoms with Crippen LogP contribution in [0.25, 0.3) is 0 Å². The monoisotopic (exact) mass is 107 g/mol. The molecule has 4 heteroatoms. The van der Waals surface area contributed by atoms with Crippen molar-refractivity contribution in [3.8, 4) is 0 Å². The first-order valence-electron chi connectivity index (χ1n) is 1.77. The average Bonchev–Trinajstić information content (AvgIpc) is 1.65. The number of halogens is 1. The van der Waals surface area contributed by atoms with Gasteiger partial charge in [-0.1, -0.05) is 0 Å². The highest BCUT2D eigenvalue weighted by Crippen LogP contribution is 1.77. The summed E-state index contributed by atoms with van der Waals surface area (Å²) < 4.78 is 11.0. The van der Waals surface area contributed by atoms with Gasteiger partial charge in [0.1, 0.15) is 6.04 Å². The van der Waals surface area contributed by atoms with Gasteiger partial charge in [-0.25, -0.2) is 0 Å². The molecule has 1 atom stereocenters. The Morgan fingerprint density at radius 3 is 2.43 bits per heavy atom. The van der Waals surface area contributed by atoms with E-state index in [4.69, 9.17) is 5.11 Å². The van der Waals surface area contributed by atoms with Gasteiger partial charge in [0.05, 0.1) is 0 Å². The molecule has 2 N–H and O–H groups in total. The molecule has 0 aromatic carbocycles. The smallest absolute Gasteiger partial charge is 0.323 e. The Kier molecular flexibility index (Phi) is 2.29. The van der Waals surface area contributed by atoms with Gasteiger partial charge in [-0.2, -0.15) is 0 Å². The average molecular weight is 107 g/mol. The Labute approximate surface area is 40.1 Å². The lowest BCUT2D eigenvalue weighted by Crippen LogP contribution is -2.27. The summed E-state index contributed by atoms with van der Waals surface area (Å²) in [6.07, 6.45) is 0. The summed E-state index contributed by atoms with van der Waals surface area (Å²) in [5, 5.41) is 7.88. The van der Waals surface area contributed by atoms with Crippen LogP contribution in [0.3, 0.4) is 0 Å². The van der Waals surface area contributed by atoms with E-state index in [0.29, 0.717) is 0 Å². The van der Waals surface area contributed by atoms with Crippen LogP contribution >= 0.6 is 0 Å². The maximum atomic E-state index is 11.0. The second-order valence-corrected chi connectivity index (χ2v) is 1.17. The maximum Gasteiger partial charge on any atom is 0.323 e. The van der Waals surface area contributed by atoms with Crippen LogP contribution in [0.15, 0.2) is 0 Å². The third kappa shape index (κ3) is 2.11. The lowest BCUT2D eigenvalue weighted by Gasteiger charge is -1.95. The summed E-state index contributed by atoms with van der Waals surface area (Å²) in [4.78, 5) is 9.63. The number of nitrogens with one attached hydrogen (secondary N) is 1. The van der Waals surface area contributed by atoms with Crippen LogP contribution in [0.1, 0.15) is 6.92 Å². The SMILES string of the molecule is CC(NF)C(=O)O. The minimum atomic E-state index is -1.19. The Morgan fingerprint density at radius 1 is 2.00 bits per heavy atom. The number of carbonyl (C=O) groups is 1. The second-order valence-electron chi connectivity index (χ2n) is 1.17. The van der Waals surface area contributed by atoms with E-state index in [1.165, 1.54) is 6.92 Å². The number of carboxylic acids is 1. The minimum Gasteiger partial charge on any atom is -0.480 e. The van der Waals surface area contributed by atoms with Crippen LogP contribution in [0.4, 0.5) is 4.48 Å². The van der Waals surface area contributed by atoms with Crippen molar-refractivity contribution in [2.75, 3.05) is 0 Å². The van der Waals surface area contributed by atoms with E-state index < -0.39 is 12.0 Å². The van der Waals surface area contributed by atoms with E-state index in [0.717, 1.165) is 5.54 Å². The van der Waals surface area contributed by atoms with Crippen LogP contribution in [0.5, 0.6) is 0 Å². The lowest BCUT2D eigenvalue weighted by molar-refractivity contribution is -0.140. The number of carboxylic acid groups (broad SMARTS) is 1. The van der Waals surface area contributed by atoms with Crippen molar-refractivity contribution in [1.29, 1.82) is 0 Å². The molecule has 0 aromatic heterocycles. The highest BCUT2D eigenvalue weighted by atomic mass is 19.2. The molecule has 1 unspecified atom stereocenters. The summed E-state index contributed by atoms with van der Waals surface area (Å²) in [6, 6.07) is -1.10. The normalized spacial score (nSPS) is 13.4. The number of hydrogen-bond acceptors (Lipinski definition) is 2. The lowest BCUT2D eigenvalue weighted by atomic mass is 10.4. The van der Waals surface area contributed by atoms with E-state index in [1.54, 1.807) is 0 Å². The summed E-state index contributed by atoms with van der Waals surface area (Å²) in [6.45, 7) is 1.21. The molecule has 0 amide bonds. The highest BCUT2D eigenvalue weighted by molar-refractivity contribution is 5.72. The first kappa shape index (κ1) is 6.36. The first-order chi connectivity index (χ1) is 3.18. The standard InChI is InChI=1S/C3H6FNO2/c1-2(5-4)3(6)7/h2,5H,1H3,(H,6,7). The Balaban J connectivity index is 3.34. The van der Waals surface area contributed by atoms with Gasteiger partial charge >= 0.3 is 5.97 Å². The molecule has 0 aliphatic heterocycles. The van der Waals surface area contributed by atoms with Crippen molar-refractivity contribution >= 4 is 5.97 Å². The molecule has 3 nitrogen and oxygen atoms in total. The third-order valence-corrected chi connectivity index (χ3v) is 0.534. The largest absolute Gasteiger partial charge is 0.480 e. The van der Waals surface area contributed by atoms with Crippen molar-refractivity contribution < 1.29 is 14.4 Å². The maximum absolute atomic E-state index is 11.0. The van der Waals surface area contributed by atoms with E-state index in [9.17, 15) is 9.28 Å². The molecule has 0 aliphatic carbocycles. The summed E-state index contributed by atoms with van der Waals surface area (Å²) >= 11 is 0. The van der Waals surface area contributed by atoms with Gasteiger partial charge in [0.15, 0.2) is 0 Å². The molecule has 0 aromatic rings. The van der Waals surface area contributed by atoms with E-state index in [1.807, 2.05) is 0 Å². The molecule has 0 fully saturated rings. The molecule has 7 heavy (non-hydrogen) atoms. The van der Waals surface area contributed by atoms with Crippen molar-refractivity contribution in [2.24, 2.45) is 0 Å². The van der Waals surface area contributed by atoms with Crippen LogP contribution < -0.4 is 5.54 Å². The molecule has 0 saturated carbocycles. The van der Waals surface area contributed by atoms with Crippen LogP contribution in [-0.2, 0) is 4.79 Å². The van der Waals surface area contributed by atoms with Gasteiger partial charge < -0.3 is 5.11 Å². The van der Waals surface area contributed by atoms with Crippen LogP contribution in [-0.4, -0.2) is 17.1 Å². The van der Waals surface area contributed by atoms with Crippen molar-refractivity contribution in [1.82, 2.24) is 5.54 Å². The predicted molar refractivity (Wildman–Crippen MR) is 21.3 cm³/mol. The van der Waals surface area contributed by atoms with Gasteiger partial charge in [-0.15, -0.1) is 10.0 Å². The van der Waals surface area contributed by atoms with Gasteiger partial charge in [0.25, 0.3) is 0 Å². The number of aliphatic carboxylic acids is 1. The molecule has 0 spiro atoms. The molecular weight excluding hydrogens is 101 g/mol. The molecular formula is C3H6FNO2. The Bertz CT molecular complexity index is 75.3. The van der Waals surface area contributed by atoms with Crippen molar-refractivity contribution in [2.45, 2.75) is 13.0 Å². The van der Waals surface area contributed by atoms with E-state index in [-0.39, 0.29) is 0 Å². The predicted octanol–water partition coefficient (Wildman–Crippen LogP) is -0.0664. The zero-order valence-electron chi connectivity index (χ0n) is 3.81. The first-order valence-corrected chi connectivity index (χ1v) is 1.77. The molecule has 0 saturated heterocycles. The summed E-state index contributed by atoms with van der Waals surface area (Å²) in [5.41, 5.74) is 1.06. The molecule has 0 bridgehead atoms. The second kappa shape index (κ2) is 2.52. The minimum absolute atomic E-state index is 1.06. The quantitative estimate of drug-likeness (QED) is 0.486. The Morgan fingerprint density at radius 2 is 2.43 bits per heavy atom. The van der Waals surface area contributed by atoms with Crippen molar-refractivity contribution in [3.05, 3.63) is 0 Å². The molecule has 42 valence electrons. The number of rotatable bonds is 2. The topological polar surface area (TPSA) is 49.3 Å². The molecule has 0 heterocycles. The molecule has 0 rings (SSSR count). The Hall–Kier alpha value is -0.640. The molecule has 0 radical (unpaired) electrons. The zero-order valence-corrected chi connectivity index (χ0v) is 3.81. The summed E-state index contributed by atoms with van der Waals surface area (Å²) in [5.74, 6) is -1.19. The van der Waals surface area contributed by atoms with E-state index >= 15 is 0 Å². The van der Waals surface area contributed by atoms with Gasteiger partial charge in [-0.05, 0) is 6.92 Å². The third-order valence-electron chi connectivity index (χ3n) is 0.534. The summed E-state index contributed by atoms with van der Waals surface area (Å²) in [7, 11) is 0. The van der Waals surface area contributed by atoms with Gasteiger partial charge in [0, 0.05) is 0 Å². The van der Waals surface area contributed by atoms with Gasteiger partial charge in [0.2, 0.25) is 0 Å². The van der Waals surface area contributed by atoms with Crippen LogP contribution in [0, 0.1) is 0 Å². The number of hydrogen-bond donors (Lipinski definition) is 2. The highest BCUT2D eigenvalue weighted by Gasteiger charge is 2.07.